The molecule has 0 saturated carbocycles. The first-order chi connectivity index (χ1) is 6.07. The van der Waals surface area contributed by atoms with E-state index in [1.54, 1.807) is 0 Å². The molecule has 0 fully saturated rings. The molecule has 0 aliphatic rings. The highest BCUT2D eigenvalue weighted by Gasteiger charge is 2.09. The summed E-state index contributed by atoms with van der Waals surface area (Å²) in [6.45, 7) is 14.3. The Labute approximate surface area is 81.3 Å². The van der Waals surface area contributed by atoms with Crippen LogP contribution in [-0.2, 0) is 0 Å². The molecule has 69 valence electrons. The van der Waals surface area contributed by atoms with Crippen LogP contribution in [0.25, 0.3) is 0 Å². The monoisotopic (exact) mass is 173 g/mol. The van der Waals surface area contributed by atoms with E-state index in [0.717, 1.165) is 0 Å². The molecule has 1 aromatic rings. The Hall–Kier alpha value is -1.04. The third-order valence-electron chi connectivity index (χ3n) is 2.66. The normalized spacial score (nSPS) is 12.6. The van der Waals surface area contributed by atoms with Crippen molar-refractivity contribution in [3.05, 3.63) is 54.0 Å². The van der Waals surface area contributed by atoms with Gasteiger partial charge in [-0.05, 0) is 49.9 Å². The number of allylic oxidation sites excluding steroid dienone is 1. The molecule has 0 spiro atoms. The summed E-state index contributed by atoms with van der Waals surface area (Å²) in [5, 5.41) is 0. The Kier molecular flexibility index (Phi) is 2.92. The van der Waals surface area contributed by atoms with Gasteiger partial charge < -0.3 is 0 Å². The standard InChI is InChI=1S/C13H17/c1-6-9(2)13-11(4)8-7-10(3)12(13)5/h6-9H,1-2H2,3-5H3. The molecule has 0 aliphatic heterocycles. The van der Waals surface area contributed by atoms with E-state index < -0.39 is 0 Å². The first kappa shape index (κ1) is 10.0. The van der Waals surface area contributed by atoms with E-state index in [9.17, 15) is 0 Å². The van der Waals surface area contributed by atoms with Crippen LogP contribution >= 0.6 is 0 Å². The lowest BCUT2D eigenvalue weighted by Crippen LogP contribution is -1.99. The number of rotatable bonds is 2. The highest BCUT2D eigenvalue weighted by molar-refractivity contribution is 5.43. The van der Waals surface area contributed by atoms with Gasteiger partial charge in [-0.2, -0.15) is 0 Å². The van der Waals surface area contributed by atoms with E-state index in [4.69, 9.17) is 0 Å². The van der Waals surface area contributed by atoms with Crippen molar-refractivity contribution in [3.8, 4) is 0 Å². The van der Waals surface area contributed by atoms with E-state index in [1.807, 2.05) is 6.08 Å². The summed E-state index contributed by atoms with van der Waals surface area (Å²) in [6.07, 6.45) is 1.90. The van der Waals surface area contributed by atoms with E-state index in [-0.39, 0.29) is 5.92 Å². The Morgan fingerprint density at radius 3 is 2.23 bits per heavy atom. The van der Waals surface area contributed by atoms with E-state index >= 15 is 0 Å². The highest BCUT2D eigenvalue weighted by Crippen LogP contribution is 2.25. The smallest absolute Gasteiger partial charge is 0.00209 e. The Bertz CT molecular complexity index is 321. The molecule has 0 aliphatic carbocycles. The van der Waals surface area contributed by atoms with Crippen molar-refractivity contribution in [1.82, 2.24) is 0 Å². The molecule has 13 heavy (non-hydrogen) atoms. The van der Waals surface area contributed by atoms with Crippen LogP contribution in [0.4, 0.5) is 0 Å². The first-order valence-corrected chi connectivity index (χ1v) is 4.60. The van der Waals surface area contributed by atoms with E-state index in [1.165, 1.54) is 22.3 Å². The maximum absolute atomic E-state index is 4.07. The minimum absolute atomic E-state index is 0.208. The van der Waals surface area contributed by atoms with Gasteiger partial charge in [-0.25, -0.2) is 0 Å². The fraction of sp³-hybridized carbons (Fsp3) is 0.308. The van der Waals surface area contributed by atoms with Crippen molar-refractivity contribution >= 4 is 0 Å². The van der Waals surface area contributed by atoms with Crippen LogP contribution in [0.15, 0.2) is 24.8 Å². The van der Waals surface area contributed by atoms with Gasteiger partial charge >= 0.3 is 0 Å². The second-order valence-electron chi connectivity index (χ2n) is 3.58. The van der Waals surface area contributed by atoms with Crippen LogP contribution in [0, 0.1) is 27.7 Å². The fourth-order valence-electron chi connectivity index (χ4n) is 1.66. The minimum Gasteiger partial charge on any atom is -0.102 e. The van der Waals surface area contributed by atoms with Gasteiger partial charge in [-0.3, -0.25) is 0 Å². The zero-order valence-corrected chi connectivity index (χ0v) is 8.72. The zero-order valence-electron chi connectivity index (χ0n) is 8.72. The van der Waals surface area contributed by atoms with Crippen molar-refractivity contribution in [1.29, 1.82) is 0 Å². The van der Waals surface area contributed by atoms with Crippen LogP contribution in [0.2, 0.25) is 0 Å². The maximum atomic E-state index is 4.07. The minimum atomic E-state index is 0.208. The molecule has 0 bridgehead atoms. The number of hydrogen-bond acceptors (Lipinski definition) is 0. The van der Waals surface area contributed by atoms with Crippen LogP contribution in [0.3, 0.4) is 0 Å². The van der Waals surface area contributed by atoms with Gasteiger partial charge in [0.05, 0.1) is 0 Å². The number of hydrogen-bond donors (Lipinski definition) is 0. The quantitative estimate of drug-likeness (QED) is 0.598. The fourth-order valence-corrected chi connectivity index (χ4v) is 1.66. The summed E-state index contributed by atoms with van der Waals surface area (Å²) in [7, 11) is 0. The van der Waals surface area contributed by atoms with Gasteiger partial charge in [0, 0.05) is 5.92 Å². The van der Waals surface area contributed by atoms with Crippen molar-refractivity contribution in [2.24, 2.45) is 0 Å². The first-order valence-electron chi connectivity index (χ1n) is 4.60. The van der Waals surface area contributed by atoms with E-state index in [0.29, 0.717) is 0 Å². The lowest BCUT2D eigenvalue weighted by atomic mass is 9.90. The average Bonchev–Trinajstić information content (AvgIpc) is 2.12. The third-order valence-corrected chi connectivity index (χ3v) is 2.66. The van der Waals surface area contributed by atoms with Gasteiger partial charge in [0.2, 0.25) is 0 Å². The molecule has 0 saturated heterocycles. The Morgan fingerprint density at radius 2 is 1.69 bits per heavy atom. The summed E-state index contributed by atoms with van der Waals surface area (Å²) >= 11 is 0. The summed E-state index contributed by atoms with van der Waals surface area (Å²) < 4.78 is 0. The molecular weight excluding hydrogens is 156 g/mol. The molecule has 1 rings (SSSR count). The second kappa shape index (κ2) is 3.78. The van der Waals surface area contributed by atoms with Crippen molar-refractivity contribution in [2.75, 3.05) is 0 Å². The van der Waals surface area contributed by atoms with Crippen LogP contribution in [-0.4, -0.2) is 0 Å². The largest absolute Gasteiger partial charge is 0.102 e. The van der Waals surface area contributed by atoms with Gasteiger partial charge in [-0.15, -0.1) is 6.58 Å². The molecule has 1 aromatic carbocycles. The molecule has 1 radical (unpaired) electrons. The van der Waals surface area contributed by atoms with Gasteiger partial charge in [0.1, 0.15) is 0 Å². The molecule has 1 unspecified atom stereocenters. The molecule has 1 atom stereocenters. The van der Waals surface area contributed by atoms with E-state index in [2.05, 4.69) is 46.4 Å². The summed E-state index contributed by atoms with van der Waals surface area (Å²) in [5.74, 6) is 0.208. The average molecular weight is 173 g/mol. The highest BCUT2D eigenvalue weighted by atomic mass is 14.1. The van der Waals surface area contributed by atoms with Gasteiger partial charge in [0.25, 0.3) is 0 Å². The Morgan fingerprint density at radius 1 is 1.15 bits per heavy atom. The molecular formula is C13H17. The topological polar surface area (TPSA) is 0 Å². The van der Waals surface area contributed by atoms with Crippen LogP contribution in [0.5, 0.6) is 0 Å². The molecule has 0 heterocycles. The van der Waals surface area contributed by atoms with Gasteiger partial charge in [-0.1, -0.05) is 18.2 Å². The lowest BCUT2D eigenvalue weighted by molar-refractivity contribution is 1.02. The SMILES string of the molecule is [CH2]C(C=C)c1c(C)ccc(C)c1C. The number of benzene rings is 1. The predicted octanol–water partition coefficient (Wildman–Crippen LogP) is 3.72. The molecule has 0 nitrogen and oxygen atoms in total. The second-order valence-corrected chi connectivity index (χ2v) is 3.58. The van der Waals surface area contributed by atoms with Crippen LogP contribution < -0.4 is 0 Å². The zero-order chi connectivity index (χ0) is 10.0. The molecule has 0 amide bonds. The summed E-state index contributed by atoms with van der Waals surface area (Å²) in [5.41, 5.74) is 5.31. The lowest BCUT2D eigenvalue weighted by Gasteiger charge is -2.15. The summed E-state index contributed by atoms with van der Waals surface area (Å²) in [6, 6.07) is 4.31. The molecule has 0 N–H and O–H groups in total. The van der Waals surface area contributed by atoms with Crippen molar-refractivity contribution in [2.45, 2.75) is 26.7 Å². The van der Waals surface area contributed by atoms with Crippen LogP contribution in [0.1, 0.15) is 28.2 Å². The van der Waals surface area contributed by atoms with Gasteiger partial charge in [0.15, 0.2) is 0 Å². The molecule has 0 aromatic heterocycles. The summed E-state index contributed by atoms with van der Waals surface area (Å²) in [4.78, 5) is 0. The van der Waals surface area contributed by atoms with Crippen molar-refractivity contribution in [3.63, 3.8) is 0 Å². The third kappa shape index (κ3) is 1.82. The maximum Gasteiger partial charge on any atom is 0.00209 e. The van der Waals surface area contributed by atoms with Crippen molar-refractivity contribution < 1.29 is 0 Å². The molecule has 0 heteroatoms. The predicted molar refractivity (Wildman–Crippen MR) is 58.9 cm³/mol. The Balaban J connectivity index is 3.32. The number of aryl methyl sites for hydroxylation is 2.